The highest BCUT2D eigenvalue weighted by atomic mass is 35.5. The van der Waals surface area contributed by atoms with E-state index in [9.17, 15) is 14.7 Å². The topological polar surface area (TPSA) is 98.2 Å². The number of aliphatic hydroxyl groups excluding tert-OH is 1. The number of carbonyl (C=O) groups excluding carboxylic acids is 2. The van der Waals surface area contributed by atoms with Gasteiger partial charge in [-0.3, -0.25) is 14.5 Å². The first kappa shape index (κ1) is 27.8. The Bertz CT molecular complexity index is 1780. The lowest BCUT2D eigenvalue weighted by molar-refractivity contribution is -0.132. The second-order valence-corrected chi connectivity index (χ2v) is 11.4. The number of fused-ring (bicyclic) bond motifs is 2. The Kier molecular flexibility index (Phi) is 7.38. The van der Waals surface area contributed by atoms with Crippen LogP contribution in [0.15, 0.2) is 72.8 Å². The van der Waals surface area contributed by atoms with Gasteiger partial charge in [-0.25, -0.2) is 4.98 Å². The molecular weight excluding hydrogens is 576 g/mol. The van der Waals surface area contributed by atoms with E-state index in [2.05, 4.69) is 11.6 Å². The van der Waals surface area contributed by atoms with E-state index in [1.807, 2.05) is 13.8 Å². The third kappa shape index (κ3) is 4.88. The second kappa shape index (κ2) is 11.2. The Labute approximate surface area is 251 Å². The molecule has 1 amide bonds. The molecule has 0 unspecified atom stereocenters. The van der Waals surface area contributed by atoms with Gasteiger partial charge in [-0.1, -0.05) is 41.7 Å². The van der Waals surface area contributed by atoms with Crippen molar-refractivity contribution in [2.45, 2.75) is 32.4 Å². The number of ketones is 1. The normalized spacial score (nSPS) is 19.2. The van der Waals surface area contributed by atoms with Crippen LogP contribution in [0.2, 0.25) is 5.02 Å². The van der Waals surface area contributed by atoms with Gasteiger partial charge in [0.1, 0.15) is 24.2 Å². The van der Waals surface area contributed by atoms with Crippen molar-refractivity contribution in [2.75, 3.05) is 18.1 Å². The van der Waals surface area contributed by atoms with E-state index in [0.717, 1.165) is 16.0 Å². The number of thiazole rings is 1. The molecule has 42 heavy (non-hydrogen) atoms. The Morgan fingerprint density at radius 2 is 2.00 bits per heavy atom. The number of carbonyl (C=O) groups is 2. The van der Waals surface area contributed by atoms with Crippen LogP contribution >= 0.6 is 22.9 Å². The third-order valence-corrected chi connectivity index (χ3v) is 8.35. The zero-order chi connectivity index (χ0) is 29.5. The van der Waals surface area contributed by atoms with Gasteiger partial charge in [0.2, 0.25) is 0 Å². The van der Waals surface area contributed by atoms with Crippen molar-refractivity contribution in [3.8, 4) is 17.2 Å². The van der Waals surface area contributed by atoms with Crippen molar-refractivity contribution in [1.29, 1.82) is 0 Å². The van der Waals surface area contributed by atoms with Gasteiger partial charge in [-0.15, -0.1) is 0 Å². The summed E-state index contributed by atoms with van der Waals surface area (Å²) >= 11 is 7.44. The molecule has 0 radical (unpaired) electrons. The molecule has 4 aromatic rings. The van der Waals surface area contributed by atoms with Crippen LogP contribution in [0, 0.1) is 0 Å². The summed E-state index contributed by atoms with van der Waals surface area (Å²) in [6.07, 6.45) is 2.31. The summed E-state index contributed by atoms with van der Waals surface area (Å²) in [6, 6.07) is 14.7. The molecule has 0 aliphatic carbocycles. The van der Waals surface area contributed by atoms with E-state index >= 15 is 0 Å². The molecule has 3 heterocycles. The van der Waals surface area contributed by atoms with Crippen molar-refractivity contribution in [3.63, 3.8) is 0 Å². The minimum absolute atomic E-state index is 0.00863. The number of amides is 1. The maximum absolute atomic E-state index is 13.7. The van der Waals surface area contributed by atoms with Crippen molar-refractivity contribution in [1.82, 2.24) is 4.98 Å². The number of hydrogen-bond donors (Lipinski definition) is 1. The maximum Gasteiger partial charge on any atom is 0.301 e. The largest absolute Gasteiger partial charge is 0.507 e. The van der Waals surface area contributed by atoms with E-state index in [1.165, 1.54) is 16.2 Å². The molecular formula is C32H27ClN2O6S. The van der Waals surface area contributed by atoms with Gasteiger partial charge in [0.15, 0.2) is 16.6 Å². The van der Waals surface area contributed by atoms with E-state index in [4.69, 9.17) is 25.8 Å². The van der Waals surface area contributed by atoms with Crippen LogP contribution < -0.4 is 19.1 Å². The molecule has 6 rings (SSSR count). The number of Topliss-reactive ketones (excluding diaryl/α,β-unsaturated/α-hetero) is 1. The second-order valence-electron chi connectivity index (χ2n) is 9.97. The van der Waals surface area contributed by atoms with Crippen LogP contribution in [0.5, 0.6) is 17.2 Å². The van der Waals surface area contributed by atoms with Crippen LogP contribution in [0.25, 0.3) is 16.0 Å². The number of ether oxygens (including phenoxy) is 3. The first-order valence-corrected chi connectivity index (χ1v) is 14.7. The molecule has 3 aromatic carbocycles. The summed E-state index contributed by atoms with van der Waals surface area (Å²) in [5, 5.41) is 12.5. The number of aliphatic hydroxyl groups is 1. The summed E-state index contributed by atoms with van der Waals surface area (Å²) in [7, 11) is 0. The molecule has 1 aromatic heterocycles. The van der Waals surface area contributed by atoms with Crippen molar-refractivity contribution >= 4 is 55.7 Å². The average Bonchev–Trinajstić information content (AvgIpc) is 3.63. The number of anilines is 1. The fraction of sp³-hybridized carbons (Fsp3) is 0.219. The molecule has 1 fully saturated rings. The van der Waals surface area contributed by atoms with Crippen molar-refractivity contribution in [2.24, 2.45) is 0 Å². The fourth-order valence-corrected chi connectivity index (χ4v) is 6.56. The monoisotopic (exact) mass is 602 g/mol. The zero-order valence-corrected chi connectivity index (χ0v) is 24.5. The van der Waals surface area contributed by atoms with E-state index in [1.54, 1.807) is 60.7 Å². The predicted molar refractivity (Wildman–Crippen MR) is 163 cm³/mol. The molecule has 214 valence electrons. The van der Waals surface area contributed by atoms with Crippen LogP contribution in [0.4, 0.5) is 5.13 Å². The van der Waals surface area contributed by atoms with Crippen LogP contribution in [0.3, 0.4) is 0 Å². The molecule has 2 aliphatic heterocycles. The SMILES string of the molecule is C=CCOc1ccc([C@H]2C(=C(O)c3ccc4c(c3)C[C@H](C)O4)C(=O)C(=O)N2c2nc3ccc(Cl)cc3s2)cc1OCC. The molecule has 0 saturated carbocycles. The molecule has 0 spiro atoms. The standard InChI is InChI=1S/C32H27ClN2O6S/c1-4-12-40-24-11-6-18(15-25(24)39-5-2)28-27(29(36)19-7-10-23-20(14-19)13-17(3)41-23)30(37)31(38)35(28)32-34-22-9-8-21(33)16-26(22)42-32/h4,6-11,14-17,28,36H,1,5,12-13H2,2-3H3/t17-,28-/m0/s1. The van der Waals surface area contributed by atoms with Crippen LogP contribution in [-0.4, -0.2) is 41.1 Å². The molecule has 1 saturated heterocycles. The van der Waals surface area contributed by atoms with Crippen LogP contribution in [-0.2, 0) is 16.0 Å². The summed E-state index contributed by atoms with van der Waals surface area (Å²) in [5.74, 6) is -0.237. The molecule has 1 N–H and O–H groups in total. The summed E-state index contributed by atoms with van der Waals surface area (Å²) in [6.45, 7) is 8.15. The maximum atomic E-state index is 13.7. The first-order chi connectivity index (χ1) is 20.3. The van der Waals surface area contributed by atoms with Crippen molar-refractivity contribution in [3.05, 3.63) is 94.5 Å². The Morgan fingerprint density at radius 1 is 1.17 bits per heavy atom. The predicted octanol–water partition coefficient (Wildman–Crippen LogP) is 6.86. The van der Waals surface area contributed by atoms with Crippen LogP contribution in [0.1, 0.15) is 36.6 Å². The highest BCUT2D eigenvalue weighted by Crippen LogP contribution is 2.46. The van der Waals surface area contributed by atoms with Crippen molar-refractivity contribution < 1.29 is 28.9 Å². The third-order valence-electron chi connectivity index (χ3n) is 7.10. The van der Waals surface area contributed by atoms with Gasteiger partial charge in [-0.2, -0.15) is 0 Å². The number of benzene rings is 3. The van der Waals surface area contributed by atoms with Gasteiger partial charge in [-0.05, 0) is 73.5 Å². The molecule has 2 aliphatic rings. The lowest BCUT2D eigenvalue weighted by Gasteiger charge is -2.24. The number of hydrogen-bond acceptors (Lipinski definition) is 8. The Hall–Kier alpha value is -4.34. The quantitative estimate of drug-likeness (QED) is 0.102. The zero-order valence-electron chi connectivity index (χ0n) is 22.9. The molecule has 0 bridgehead atoms. The summed E-state index contributed by atoms with van der Waals surface area (Å²) < 4.78 is 18.2. The van der Waals surface area contributed by atoms with Gasteiger partial charge in [0.05, 0.1) is 28.4 Å². The number of rotatable bonds is 8. The number of nitrogens with zero attached hydrogens (tertiary/aromatic N) is 2. The average molecular weight is 603 g/mol. The van der Waals surface area contributed by atoms with Gasteiger partial charge < -0.3 is 19.3 Å². The van der Waals surface area contributed by atoms with E-state index in [0.29, 0.717) is 51.3 Å². The lowest BCUT2D eigenvalue weighted by Crippen LogP contribution is -2.29. The molecule has 8 nitrogen and oxygen atoms in total. The van der Waals surface area contributed by atoms with Gasteiger partial charge in [0.25, 0.3) is 5.78 Å². The molecule has 2 atom stereocenters. The number of halogens is 1. The molecule has 10 heteroatoms. The first-order valence-electron chi connectivity index (χ1n) is 13.5. The Morgan fingerprint density at radius 3 is 2.79 bits per heavy atom. The summed E-state index contributed by atoms with van der Waals surface area (Å²) in [4.78, 5) is 33.4. The minimum atomic E-state index is -0.989. The fourth-order valence-electron chi connectivity index (χ4n) is 5.29. The smallest absolute Gasteiger partial charge is 0.301 e. The van der Waals surface area contributed by atoms with Gasteiger partial charge >= 0.3 is 5.91 Å². The highest BCUT2D eigenvalue weighted by molar-refractivity contribution is 7.22. The minimum Gasteiger partial charge on any atom is -0.507 e. The Balaban J connectivity index is 1.54. The highest BCUT2D eigenvalue weighted by Gasteiger charge is 2.48. The lowest BCUT2D eigenvalue weighted by atomic mass is 9.94. The van der Waals surface area contributed by atoms with E-state index in [-0.39, 0.29) is 24.0 Å². The number of aromatic nitrogens is 1. The van der Waals surface area contributed by atoms with Gasteiger partial charge in [0, 0.05) is 17.0 Å². The summed E-state index contributed by atoms with van der Waals surface area (Å²) in [5.41, 5.74) is 2.46. The van der Waals surface area contributed by atoms with E-state index < -0.39 is 17.7 Å².